The third-order valence-electron chi connectivity index (χ3n) is 5.54. The fraction of sp³-hybridized carbons (Fsp3) is 0.360. The number of aryl methyl sites for hydroxylation is 2. The second-order valence-corrected chi connectivity index (χ2v) is 10.0. The summed E-state index contributed by atoms with van der Waals surface area (Å²) in [5.74, 6) is -0.261. The largest absolute Gasteiger partial charge is 0.466 e. The van der Waals surface area contributed by atoms with Crippen LogP contribution in [-0.4, -0.2) is 30.8 Å². The molecule has 7 nitrogen and oxygen atoms in total. The van der Waals surface area contributed by atoms with Gasteiger partial charge in [0.25, 0.3) is 10.0 Å². The summed E-state index contributed by atoms with van der Waals surface area (Å²) >= 11 is 6.11. The predicted octanol–water partition coefficient (Wildman–Crippen LogP) is 4.92. The lowest BCUT2D eigenvalue weighted by atomic mass is 10.1. The minimum Gasteiger partial charge on any atom is -0.466 e. The fourth-order valence-electron chi connectivity index (χ4n) is 3.78. The Kier molecular flexibility index (Phi) is 8.38. The molecule has 0 unspecified atom stereocenters. The molecule has 0 amide bonds. The summed E-state index contributed by atoms with van der Waals surface area (Å²) in [7, 11) is -3.75. The number of aromatic nitrogens is 2. The number of carbonyl (C=O) groups excluding carboxylic acids is 1. The van der Waals surface area contributed by atoms with Crippen LogP contribution in [0.1, 0.15) is 48.8 Å². The highest BCUT2D eigenvalue weighted by Gasteiger charge is 2.20. The highest BCUT2D eigenvalue weighted by atomic mass is 35.5. The van der Waals surface area contributed by atoms with E-state index >= 15 is 0 Å². The quantitative estimate of drug-likeness (QED) is 0.396. The van der Waals surface area contributed by atoms with Gasteiger partial charge in [0, 0.05) is 16.3 Å². The second-order valence-electron chi connectivity index (χ2n) is 7.93. The van der Waals surface area contributed by atoms with Gasteiger partial charge in [0.05, 0.1) is 35.8 Å². The number of rotatable bonds is 10. The number of hydrogen-bond acceptors (Lipinski definition) is 5. The lowest BCUT2D eigenvalue weighted by Crippen LogP contribution is -2.13. The van der Waals surface area contributed by atoms with E-state index in [1.54, 1.807) is 49.4 Å². The van der Waals surface area contributed by atoms with E-state index in [-0.39, 0.29) is 17.3 Å². The first-order valence-electron chi connectivity index (χ1n) is 11.3. The van der Waals surface area contributed by atoms with Crippen molar-refractivity contribution in [1.29, 1.82) is 0 Å². The average Bonchev–Trinajstić information content (AvgIpc) is 3.12. The van der Waals surface area contributed by atoms with Crippen molar-refractivity contribution in [2.24, 2.45) is 0 Å². The van der Waals surface area contributed by atoms with E-state index in [0.717, 1.165) is 34.5 Å². The maximum Gasteiger partial charge on any atom is 0.310 e. The van der Waals surface area contributed by atoms with Crippen molar-refractivity contribution < 1.29 is 17.9 Å². The molecule has 0 atom stereocenters. The summed E-state index contributed by atoms with van der Waals surface area (Å²) in [4.78, 5) is 12.2. The Morgan fingerprint density at radius 3 is 2.38 bits per heavy atom. The number of ether oxygens (including phenoxy) is 1. The van der Waals surface area contributed by atoms with Crippen LogP contribution in [0.15, 0.2) is 47.4 Å². The summed E-state index contributed by atoms with van der Waals surface area (Å²) in [6, 6.07) is 11.7. The molecule has 0 radical (unpaired) electrons. The van der Waals surface area contributed by atoms with E-state index in [0.29, 0.717) is 30.3 Å². The fourth-order valence-corrected chi connectivity index (χ4v) is 5.01. The Hall–Kier alpha value is -2.84. The number of sulfonamides is 1. The molecule has 0 aliphatic heterocycles. The number of halogens is 1. The third-order valence-corrected chi connectivity index (χ3v) is 7.34. The summed E-state index contributed by atoms with van der Waals surface area (Å²) in [5, 5.41) is 5.21. The predicted molar refractivity (Wildman–Crippen MR) is 134 cm³/mol. The van der Waals surface area contributed by atoms with Crippen molar-refractivity contribution in [3.63, 3.8) is 0 Å². The van der Waals surface area contributed by atoms with Gasteiger partial charge in [0.2, 0.25) is 0 Å². The summed E-state index contributed by atoms with van der Waals surface area (Å²) < 4.78 is 35.2. The van der Waals surface area contributed by atoms with Crippen molar-refractivity contribution in [3.8, 4) is 0 Å². The van der Waals surface area contributed by atoms with Crippen molar-refractivity contribution in [1.82, 2.24) is 9.78 Å². The molecule has 34 heavy (non-hydrogen) atoms. The third kappa shape index (κ3) is 5.98. The van der Waals surface area contributed by atoms with Gasteiger partial charge in [-0.15, -0.1) is 0 Å². The molecular weight excluding hydrogens is 474 g/mol. The molecule has 0 spiro atoms. The van der Waals surface area contributed by atoms with E-state index in [1.807, 2.05) is 25.5 Å². The SMILES string of the molecule is CCOC(=O)Cc1c(CC)nn(Cc2ccc(S(=O)(=O)Nc3ccc(C)c(Cl)c3)cc2)c1CC. The van der Waals surface area contributed by atoms with E-state index in [2.05, 4.69) is 4.72 Å². The van der Waals surface area contributed by atoms with Gasteiger partial charge in [-0.1, -0.05) is 43.6 Å². The topological polar surface area (TPSA) is 90.3 Å². The number of benzene rings is 2. The van der Waals surface area contributed by atoms with Gasteiger partial charge in [-0.2, -0.15) is 5.10 Å². The number of carbonyl (C=O) groups is 1. The molecule has 0 aliphatic carbocycles. The van der Waals surface area contributed by atoms with Gasteiger partial charge in [0.15, 0.2) is 0 Å². The van der Waals surface area contributed by atoms with Crippen LogP contribution in [0.25, 0.3) is 0 Å². The molecular formula is C25H30ClN3O4S. The van der Waals surface area contributed by atoms with Gasteiger partial charge in [-0.05, 0) is 62.1 Å². The monoisotopic (exact) mass is 503 g/mol. The molecule has 1 N–H and O–H groups in total. The number of nitrogens with zero attached hydrogens (tertiary/aromatic N) is 2. The normalized spacial score (nSPS) is 11.4. The molecule has 9 heteroatoms. The zero-order chi connectivity index (χ0) is 24.9. The Balaban J connectivity index is 1.80. The maximum atomic E-state index is 12.8. The standard InChI is InChI=1S/C25H30ClN3O4S/c1-5-23-21(15-25(30)33-7-3)24(6-2)29(27-23)16-18-9-12-20(13-10-18)34(31,32)28-19-11-8-17(4)22(26)14-19/h8-14,28H,5-7,15-16H2,1-4H3. The average molecular weight is 504 g/mol. The Bertz CT molecular complexity index is 1270. The molecule has 3 aromatic rings. The van der Waals surface area contributed by atoms with Crippen LogP contribution in [0.5, 0.6) is 0 Å². The minimum atomic E-state index is -3.75. The van der Waals surface area contributed by atoms with Crippen molar-refractivity contribution in [2.75, 3.05) is 11.3 Å². The lowest BCUT2D eigenvalue weighted by Gasteiger charge is -2.11. The molecule has 1 aromatic heterocycles. The summed E-state index contributed by atoms with van der Waals surface area (Å²) in [5.41, 5.74) is 4.97. The summed E-state index contributed by atoms with van der Waals surface area (Å²) in [6.07, 6.45) is 1.63. The Labute approximate surface area is 206 Å². The number of hydrogen-bond donors (Lipinski definition) is 1. The van der Waals surface area contributed by atoms with Crippen molar-refractivity contribution in [3.05, 3.63) is 75.6 Å². The zero-order valence-electron chi connectivity index (χ0n) is 19.9. The van der Waals surface area contributed by atoms with Gasteiger partial charge >= 0.3 is 5.97 Å². The van der Waals surface area contributed by atoms with E-state index < -0.39 is 10.0 Å². The minimum absolute atomic E-state index is 0.154. The first kappa shape index (κ1) is 25.8. The molecule has 1 heterocycles. The molecule has 0 aliphatic rings. The van der Waals surface area contributed by atoms with Crippen LogP contribution in [0.3, 0.4) is 0 Å². The number of anilines is 1. The van der Waals surface area contributed by atoms with Gasteiger partial charge in [-0.3, -0.25) is 14.2 Å². The Morgan fingerprint density at radius 1 is 1.09 bits per heavy atom. The molecule has 0 bridgehead atoms. The van der Waals surface area contributed by atoms with Crippen LogP contribution in [0.4, 0.5) is 5.69 Å². The van der Waals surface area contributed by atoms with Crippen molar-refractivity contribution >= 4 is 33.3 Å². The van der Waals surface area contributed by atoms with E-state index in [9.17, 15) is 13.2 Å². The van der Waals surface area contributed by atoms with Gasteiger partial charge in [-0.25, -0.2) is 8.42 Å². The van der Waals surface area contributed by atoms with Crippen LogP contribution >= 0.6 is 11.6 Å². The molecule has 3 rings (SSSR count). The number of esters is 1. The van der Waals surface area contributed by atoms with E-state index in [1.165, 1.54) is 0 Å². The second kappa shape index (κ2) is 11.1. The van der Waals surface area contributed by atoms with Gasteiger partial charge in [0.1, 0.15) is 0 Å². The molecule has 0 fully saturated rings. The molecule has 0 saturated carbocycles. The lowest BCUT2D eigenvalue weighted by molar-refractivity contribution is -0.142. The smallest absolute Gasteiger partial charge is 0.310 e. The maximum absolute atomic E-state index is 12.8. The number of nitrogens with one attached hydrogen (secondary N) is 1. The first-order chi connectivity index (χ1) is 16.2. The van der Waals surface area contributed by atoms with Crippen LogP contribution in [0.2, 0.25) is 5.02 Å². The highest BCUT2D eigenvalue weighted by Crippen LogP contribution is 2.23. The molecule has 2 aromatic carbocycles. The molecule has 0 saturated heterocycles. The van der Waals surface area contributed by atoms with Crippen LogP contribution in [0, 0.1) is 6.92 Å². The highest BCUT2D eigenvalue weighted by molar-refractivity contribution is 7.92. The zero-order valence-corrected chi connectivity index (χ0v) is 21.5. The van der Waals surface area contributed by atoms with Gasteiger partial charge < -0.3 is 4.74 Å². The Morgan fingerprint density at radius 2 is 1.79 bits per heavy atom. The van der Waals surface area contributed by atoms with Crippen molar-refractivity contribution in [2.45, 2.75) is 58.4 Å². The van der Waals surface area contributed by atoms with E-state index in [4.69, 9.17) is 21.4 Å². The van der Waals surface area contributed by atoms with Crippen LogP contribution in [-0.2, 0) is 45.4 Å². The first-order valence-corrected chi connectivity index (χ1v) is 13.2. The van der Waals surface area contributed by atoms with Crippen LogP contribution < -0.4 is 4.72 Å². The summed E-state index contributed by atoms with van der Waals surface area (Å²) in [6.45, 7) is 8.50. The molecule has 182 valence electrons.